The van der Waals surface area contributed by atoms with Crippen LogP contribution in [0.3, 0.4) is 0 Å². The Labute approximate surface area is 213 Å². The molecule has 0 spiro atoms. The van der Waals surface area contributed by atoms with Crippen molar-refractivity contribution in [3.63, 3.8) is 0 Å². The molecule has 0 aliphatic carbocycles. The predicted octanol–water partition coefficient (Wildman–Crippen LogP) is 4.29. The number of aromatic nitrogens is 2. The standard InChI is InChI=1S/C26H27N3O5S2/c27-36(31,32)21-11-9-19(10-12-21)24-23(18-5-2-1-3-6-18)29-22(34-24)8-4-7-20-17-35-25(28-20)26(30)13-15-33-16-14-26/h1-3,5-6,9-12,17,30H,4,7-8,13-16H2,(H2,27,31,32). The molecule has 0 radical (unpaired) electrons. The third kappa shape index (κ3) is 5.42. The summed E-state index contributed by atoms with van der Waals surface area (Å²) in [7, 11) is -3.78. The largest absolute Gasteiger partial charge is 0.440 e. The number of thiazole rings is 1. The van der Waals surface area contributed by atoms with Crippen LogP contribution in [0.2, 0.25) is 0 Å². The molecule has 1 fully saturated rings. The van der Waals surface area contributed by atoms with Crippen molar-refractivity contribution in [3.8, 4) is 22.6 Å². The minimum absolute atomic E-state index is 0.0419. The lowest BCUT2D eigenvalue weighted by molar-refractivity contribution is -0.0680. The van der Waals surface area contributed by atoms with Gasteiger partial charge in [-0.15, -0.1) is 11.3 Å². The number of hydrogen-bond donors (Lipinski definition) is 2. The fourth-order valence-electron chi connectivity index (χ4n) is 4.23. The lowest BCUT2D eigenvalue weighted by Crippen LogP contribution is -2.33. The molecule has 1 aliphatic rings. The zero-order valence-electron chi connectivity index (χ0n) is 19.6. The zero-order valence-corrected chi connectivity index (χ0v) is 21.2. The number of aryl methyl sites for hydroxylation is 2. The Morgan fingerprint density at radius 2 is 1.69 bits per heavy atom. The molecule has 3 N–H and O–H groups in total. The van der Waals surface area contributed by atoms with Crippen molar-refractivity contribution >= 4 is 21.4 Å². The molecule has 10 heteroatoms. The van der Waals surface area contributed by atoms with Gasteiger partial charge in [0.05, 0.1) is 10.6 Å². The lowest BCUT2D eigenvalue weighted by Gasteiger charge is -2.29. The highest BCUT2D eigenvalue weighted by molar-refractivity contribution is 7.89. The van der Waals surface area contributed by atoms with Crippen LogP contribution < -0.4 is 5.14 Å². The fraction of sp³-hybridized carbons (Fsp3) is 0.308. The van der Waals surface area contributed by atoms with E-state index in [1.165, 1.54) is 23.5 Å². The summed E-state index contributed by atoms with van der Waals surface area (Å²) in [5.41, 5.74) is 2.39. The topological polar surface area (TPSA) is 129 Å². The number of rotatable bonds is 8. The van der Waals surface area contributed by atoms with Crippen molar-refractivity contribution in [3.05, 3.63) is 76.6 Å². The number of nitrogens with zero attached hydrogens (tertiary/aromatic N) is 2. The molecule has 0 saturated carbocycles. The van der Waals surface area contributed by atoms with Crippen LogP contribution in [0.4, 0.5) is 0 Å². The lowest BCUT2D eigenvalue weighted by atomic mass is 9.95. The predicted molar refractivity (Wildman–Crippen MR) is 137 cm³/mol. The van der Waals surface area contributed by atoms with Gasteiger partial charge in [-0.2, -0.15) is 0 Å². The van der Waals surface area contributed by atoms with Crippen LogP contribution in [0.5, 0.6) is 0 Å². The van der Waals surface area contributed by atoms with E-state index < -0.39 is 15.6 Å². The van der Waals surface area contributed by atoms with E-state index in [4.69, 9.17) is 19.3 Å². The van der Waals surface area contributed by atoms with E-state index in [2.05, 4.69) is 4.98 Å². The van der Waals surface area contributed by atoms with Crippen molar-refractivity contribution in [1.29, 1.82) is 0 Å². The van der Waals surface area contributed by atoms with Crippen LogP contribution in [-0.2, 0) is 33.2 Å². The second kappa shape index (κ2) is 10.2. The summed E-state index contributed by atoms with van der Waals surface area (Å²) in [5.74, 6) is 1.17. The Hall–Kier alpha value is -2.89. The van der Waals surface area contributed by atoms with E-state index in [9.17, 15) is 13.5 Å². The number of hydrogen-bond acceptors (Lipinski definition) is 8. The third-order valence-electron chi connectivity index (χ3n) is 6.26. The van der Waals surface area contributed by atoms with Gasteiger partial charge in [0.1, 0.15) is 16.3 Å². The molecule has 3 heterocycles. The first-order chi connectivity index (χ1) is 17.3. The first-order valence-electron chi connectivity index (χ1n) is 11.8. The summed E-state index contributed by atoms with van der Waals surface area (Å²) in [4.78, 5) is 9.49. The molecule has 0 unspecified atom stereocenters. The van der Waals surface area contributed by atoms with Crippen molar-refractivity contribution in [1.82, 2.24) is 9.97 Å². The molecule has 4 aromatic rings. The van der Waals surface area contributed by atoms with Crippen molar-refractivity contribution in [2.75, 3.05) is 13.2 Å². The van der Waals surface area contributed by atoms with Gasteiger partial charge >= 0.3 is 0 Å². The molecule has 36 heavy (non-hydrogen) atoms. The maximum atomic E-state index is 11.6. The van der Waals surface area contributed by atoms with Gasteiger partial charge in [-0.1, -0.05) is 30.3 Å². The number of oxazole rings is 1. The van der Waals surface area contributed by atoms with Crippen LogP contribution in [0.1, 0.15) is 35.9 Å². The second-order valence-electron chi connectivity index (χ2n) is 8.86. The first-order valence-corrected chi connectivity index (χ1v) is 14.2. The molecule has 0 atom stereocenters. The average molecular weight is 526 g/mol. The minimum atomic E-state index is -3.78. The van der Waals surface area contributed by atoms with Crippen molar-refractivity contribution < 1.29 is 22.7 Å². The third-order valence-corrected chi connectivity index (χ3v) is 8.27. The van der Waals surface area contributed by atoms with E-state index in [-0.39, 0.29) is 4.90 Å². The number of primary sulfonamides is 1. The van der Waals surface area contributed by atoms with Gasteiger partial charge in [-0.05, 0) is 37.1 Å². The molecule has 188 valence electrons. The highest BCUT2D eigenvalue weighted by atomic mass is 32.2. The van der Waals surface area contributed by atoms with E-state index >= 15 is 0 Å². The van der Waals surface area contributed by atoms with Gasteiger partial charge < -0.3 is 14.3 Å². The van der Waals surface area contributed by atoms with Gasteiger partial charge in [-0.3, -0.25) is 0 Å². The quantitative estimate of drug-likeness (QED) is 0.351. The molecule has 8 nitrogen and oxygen atoms in total. The fourth-order valence-corrected chi connectivity index (χ4v) is 5.76. The Balaban J connectivity index is 1.33. The molecule has 2 aromatic carbocycles. The minimum Gasteiger partial charge on any atom is -0.440 e. The van der Waals surface area contributed by atoms with E-state index in [1.807, 2.05) is 35.7 Å². The number of benzene rings is 2. The van der Waals surface area contributed by atoms with E-state index in [0.717, 1.165) is 29.1 Å². The van der Waals surface area contributed by atoms with Crippen LogP contribution in [0.15, 0.2) is 69.3 Å². The maximum Gasteiger partial charge on any atom is 0.238 e. The monoisotopic (exact) mass is 525 g/mol. The molecular weight excluding hydrogens is 498 g/mol. The van der Waals surface area contributed by atoms with Crippen LogP contribution in [0, 0.1) is 0 Å². The highest BCUT2D eigenvalue weighted by Crippen LogP contribution is 2.35. The highest BCUT2D eigenvalue weighted by Gasteiger charge is 2.34. The van der Waals surface area contributed by atoms with E-state index in [0.29, 0.717) is 55.4 Å². The number of aliphatic hydroxyl groups is 1. The maximum absolute atomic E-state index is 11.6. The normalized spacial score (nSPS) is 15.7. The number of ether oxygens (including phenoxy) is 1. The van der Waals surface area contributed by atoms with E-state index in [1.54, 1.807) is 12.1 Å². The average Bonchev–Trinajstić information content (AvgIpc) is 3.53. The summed E-state index contributed by atoms with van der Waals surface area (Å²) in [5, 5.41) is 18.9. The summed E-state index contributed by atoms with van der Waals surface area (Å²) < 4.78 is 34.8. The summed E-state index contributed by atoms with van der Waals surface area (Å²) in [6, 6.07) is 16.0. The molecular formula is C26H27N3O5S2. The van der Waals surface area contributed by atoms with Crippen molar-refractivity contribution in [2.24, 2.45) is 5.14 Å². The van der Waals surface area contributed by atoms with Crippen molar-refractivity contribution in [2.45, 2.75) is 42.6 Å². The first kappa shape index (κ1) is 24.8. The van der Waals surface area contributed by atoms with Gasteiger partial charge in [0.2, 0.25) is 10.0 Å². The Kier molecular flexibility index (Phi) is 7.05. The number of nitrogens with two attached hydrogens (primary N) is 1. The summed E-state index contributed by atoms with van der Waals surface area (Å²) in [6.07, 6.45) is 3.27. The van der Waals surface area contributed by atoms with Crippen LogP contribution >= 0.6 is 11.3 Å². The Morgan fingerprint density at radius 3 is 2.39 bits per heavy atom. The van der Waals surface area contributed by atoms with Gasteiger partial charge in [0, 0.05) is 49.0 Å². The van der Waals surface area contributed by atoms with Crippen LogP contribution in [-0.4, -0.2) is 36.7 Å². The SMILES string of the molecule is NS(=O)(=O)c1ccc(-c2oc(CCCc3csc(C4(O)CCOCC4)n3)nc2-c2ccccc2)cc1. The Bertz CT molecular complexity index is 1420. The van der Waals surface area contributed by atoms with Gasteiger partial charge in [0.15, 0.2) is 11.7 Å². The Morgan fingerprint density at radius 1 is 0.972 bits per heavy atom. The van der Waals surface area contributed by atoms with Gasteiger partial charge in [0.25, 0.3) is 0 Å². The smallest absolute Gasteiger partial charge is 0.238 e. The zero-order chi connectivity index (χ0) is 25.2. The molecule has 5 rings (SSSR count). The summed E-state index contributed by atoms with van der Waals surface area (Å²) in [6.45, 7) is 1.10. The van der Waals surface area contributed by atoms with Gasteiger partial charge in [-0.25, -0.2) is 23.5 Å². The number of sulfonamides is 1. The summed E-state index contributed by atoms with van der Waals surface area (Å²) >= 11 is 1.50. The second-order valence-corrected chi connectivity index (χ2v) is 11.3. The van der Waals surface area contributed by atoms with Crippen LogP contribution in [0.25, 0.3) is 22.6 Å². The molecule has 0 bridgehead atoms. The molecule has 0 amide bonds. The molecule has 2 aromatic heterocycles. The molecule has 1 saturated heterocycles. The molecule has 1 aliphatic heterocycles.